The van der Waals surface area contributed by atoms with Crippen LogP contribution in [0, 0.1) is 0 Å². The van der Waals surface area contributed by atoms with Crippen LogP contribution in [0.4, 0.5) is 9.59 Å². The van der Waals surface area contributed by atoms with E-state index in [1.807, 2.05) is 0 Å². The summed E-state index contributed by atoms with van der Waals surface area (Å²) in [6.07, 6.45) is -0.827. The molecule has 0 radical (unpaired) electrons. The summed E-state index contributed by atoms with van der Waals surface area (Å²) in [5.74, 6) is 0. The average molecular weight is 200 g/mol. The van der Waals surface area contributed by atoms with Gasteiger partial charge in [-0.3, -0.25) is 9.80 Å². The third-order valence-corrected chi connectivity index (χ3v) is 2.41. The predicted molar refractivity (Wildman–Crippen MR) is 46.4 cm³/mol. The Labute approximate surface area is 80.2 Å². The lowest BCUT2D eigenvalue weighted by atomic mass is 10.4. The van der Waals surface area contributed by atoms with Crippen LogP contribution < -0.4 is 22.1 Å². The first-order valence-electron chi connectivity index (χ1n) is 4.23. The minimum absolute atomic E-state index is 0.0540. The summed E-state index contributed by atoms with van der Waals surface area (Å²) in [5.41, 5.74) is 10.8. The van der Waals surface area contributed by atoms with Crippen molar-refractivity contribution in [3.8, 4) is 0 Å². The molecule has 2 aliphatic heterocycles. The van der Waals surface area contributed by atoms with Gasteiger partial charge in [-0.1, -0.05) is 0 Å². The molecule has 2 saturated heterocycles. The molecule has 2 fully saturated rings. The minimum Gasteiger partial charge on any atom is -0.314 e. The highest BCUT2D eigenvalue weighted by atomic mass is 16.2. The normalized spacial score (nSPS) is 30.4. The molecule has 0 aromatic rings. The summed E-state index contributed by atoms with van der Waals surface area (Å²) in [4.78, 5) is 25.3. The van der Waals surface area contributed by atoms with Crippen LogP contribution in [0.1, 0.15) is 0 Å². The molecule has 8 heteroatoms. The molecule has 0 aromatic heterocycles. The van der Waals surface area contributed by atoms with Gasteiger partial charge >= 0.3 is 12.1 Å². The van der Waals surface area contributed by atoms with E-state index in [4.69, 9.17) is 11.5 Å². The van der Waals surface area contributed by atoms with Gasteiger partial charge in [-0.25, -0.2) is 9.59 Å². The molecule has 0 saturated carbocycles. The number of nitrogens with one attached hydrogen (secondary N) is 2. The fourth-order valence-electron chi connectivity index (χ4n) is 1.77. The van der Waals surface area contributed by atoms with Gasteiger partial charge < -0.3 is 22.1 Å². The van der Waals surface area contributed by atoms with E-state index in [2.05, 4.69) is 10.6 Å². The van der Waals surface area contributed by atoms with Crippen LogP contribution in [-0.4, -0.2) is 47.5 Å². The number of amides is 4. The number of fused-ring (bicyclic) bond motifs is 1. The number of urea groups is 2. The van der Waals surface area contributed by atoms with Crippen molar-refractivity contribution < 1.29 is 9.59 Å². The summed E-state index contributed by atoms with van der Waals surface area (Å²) in [7, 11) is 0. The second kappa shape index (κ2) is 3.00. The number of carbonyl (C=O) groups excluding carboxylic acids is 2. The molecule has 0 spiro atoms. The monoisotopic (exact) mass is 200 g/mol. The summed E-state index contributed by atoms with van der Waals surface area (Å²) in [5, 5.41) is 5.18. The van der Waals surface area contributed by atoms with E-state index in [1.54, 1.807) is 0 Å². The first-order chi connectivity index (χ1) is 6.69. The third-order valence-electron chi connectivity index (χ3n) is 2.41. The SMILES string of the molecule is NCN1C(=O)NC2NC(=O)N(CN)C21. The second-order valence-corrected chi connectivity index (χ2v) is 3.09. The van der Waals surface area contributed by atoms with Crippen LogP contribution in [0.2, 0.25) is 0 Å². The van der Waals surface area contributed by atoms with Crippen molar-refractivity contribution in [3.63, 3.8) is 0 Å². The average Bonchev–Trinajstić information content (AvgIpc) is 2.58. The molecule has 8 nitrogen and oxygen atoms in total. The molecule has 2 heterocycles. The zero-order valence-electron chi connectivity index (χ0n) is 7.43. The van der Waals surface area contributed by atoms with Crippen molar-refractivity contribution in [2.24, 2.45) is 11.5 Å². The maximum Gasteiger partial charge on any atom is 0.321 e. The molecular formula is C6H12N6O2. The molecule has 6 N–H and O–H groups in total. The van der Waals surface area contributed by atoms with Crippen LogP contribution in [0.3, 0.4) is 0 Å². The minimum atomic E-state index is -0.415. The smallest absolute Gasteiger partial charge is 0.314 e. The van der Waals surface area contributed by atoms with Gasteiger partial charge in [0.1, 0.15) is 6.17 Å². The lowest BCUT2D eigenvalue weighted by molar-refractivity contribution is 0.133. The quantitative estimate of drug-likeness (QED) is 0.395. The van der Waals surface area contributed by atoms with E-state index in [0.29, 0.717) is 0 Å². The Bertz CT molecular complexity index is 255. The second-order valence-electron chi connectivity index (χ2n) is 3.09. The van der Waals surface area contributed by atoms with Crippen molar-refractivity contribution in [1.29, 1.82) is 0 Å². The molecular weight excluding hydrogens is 188 g/mol. The number of nitrogens with two attached hydrogens (primary N) is 2. The first-order valence-corrected chi connectivity index (χ1v) is 4.23. The van der Waals surface area contributed by atoms with Crippen molar-refractivity contribution in [2.45, 2.75) is 12.3 Å². The Hall–Kier alpha value is -1.54. The Morgan fingerprint density at radius 2 is 1.50 bits per heavy atom. The van der Waals surface area contributed by atoms with Gasteiger partial charge in [-0.15, -0.1) is 0 Å². The molecule has 2 aliphatic rings. The van der Waals surface area contributed by atoms with Crippen LogP contribution in [-0.2, 0) is 0 Å². The molecule has 78 valence electrons. The van der Waals surface area contributed by atoms with Gasteiger partial charge in [0.15, 0.2) is 6.17 Å². The Kier molecular flexibility index (Phi) is 1.93. The lowest BCUT2D eigenvalue weighted by Gasteiger charge is -2.26. The number of hydrogen-bond donors (Lipinski definition) is 4. The highest BCUT2D eigenvalue weighted by Crippen LogP contribution is 2.19. The van der Waals surface area contributed by atoms with Gasteiger partial charge in [0.05, 0.1) is 13.3 Å². The number of hydrogen-bond acceptors (Lipinski definition) is 4. The Morgan fingerprint density at radius 1 is 1.07 bits per heavy atom. The van der Waals surface area contributed by atoms with Crippen LogP contribution in [0.15, 0.2) is 0 Å². The fraction of sp³-hybridized carbons (Fsp3) is 0.667. The van der Waals surface area contributed by atoms with Crippen LogP contribution >= 0.6 is 0 Å². The van der Waals surface area contributed by atoms with Crippen LogP contribution in [0.25, 0.3) is 0 Å². The van der Waals surface area contributed by atoms with Gasteiger partial charge in [0, 0.05) is 0 Å². The van der Waals surface area contributed by atoms with E-state index in [-0.39, 0.29) is 25.4 Å². The lowest BCUT2D eigenvalue weighted by Crippen LogP contribution is -2.50. The molecule has 14 heavy (non-hydrogen) atoms. The predicted octanol–water partition coefficient (Wildman–Crippen LogP) is -2.48. The summed E-state index contributed by atoms with van der Waals surface area (Å²) in [6.45, 7) is 0.108. The van der Waals surface area contributed by atoms with E-state index in [1.165, 1.54) is 9.80 Å². The molecule has 0 unspecified atom stereocenters. The van der Waals surface area contributed by atoms with Crippen molar-refractivity contribution >= 4 is 12.1 Å². The van der Waals surface area contributed by atoms with E-state index in [9.17, 15) is 9.59 Å². The Balaban J connectivity index is 2.24. The molecule has 0 aliphatic carbocycles. The van der Waals surface area contributed by atoms with E-state index >= 15 is 0 Å². The van der Waals surface area contributed by atoms with Crippen molar-refractivity contribution in [2.75, 3.05) is 13.3 Å². The maximum atomic E-state index is 11.3. The summed E-state index contributed by atoms with van der Waals surface area (Å²) >= 11 is 0. The highest BCUT2D eigenvalue weighted by Gasteiger charge is 2.49. The van der Waals surface area contributed by atoms with Crippen molar-refractivity contribution in [3.05, 3.63) is 0 Å². The van der Waals surface area contributed by atoms with Gasteiger partial charge in [-0.05, 0) is 0 Å². The summed E-state index contributed by atoms with van der Waals surface area (Å²) in [6, 6.07) is -0.582. The largest absolute Gasteiger partial charge is 0.321 e. The number of nitrogens with zero attached hydrogens (tertiary/aromatic N) is 2. The van der Waals surface area contributed by atoms with Gasteiger partial charge in [0.25, 0.3) is 0 Å². The van der Waals surface area contributed by atoms with Gasteiger partial charge in [0.2, 0.25) is 0 Å². The van der Waals surface area contributed by atoms with E-state index in [0.717, 1.165) is 0 Å². The number of carbonyl (C=O) groups is 2. The molecule has 4 amide bonds. The zero-order chi connectivity index (χ0) is 10.3. The maximum absolute atomic E-state index is 11.3. The fourth-order valence-corrected chi connectivity index (χ4v) is 1.77. The summed E-state index contributed by atoms with van der Waals surface area (Å²) < 4.78 is 0. The third kappa shape index (κ3) is 1.01. The first kappa shape index (κ1) is 9.03. The highest BCUT2D eigenvalue weighted by molar-refractivity contribution is 5.84. The van der Waals surface area contributed by atoms with Gasteiger partial charge in [-0.2, -0.15) is 0 Å². The standard InChI is InChI=1S/C6H12N6O2/c7-1-11-4-3(9-5(11)13)10-6(14)12(4)2-8/h3-4H,1-2,7-8H2,(H,9,13)(H,10,14). The topological polar surface area (TPSA) is 117 Å². The number of rotatable bonds is 2. The van der Waals surface area contributed by atoms with E-state index < -0.39 is 12.3 Å². The Morgan fingerprint density at radius 3 is 1.86 bits per heavy atom. The van der Waals surface area contributed by atoms with Crippen molar-refractivity contribution in [1.82, 2.24) is 20.4 Å². The zero-order valence-corrected chi connectivity index (χ0v) is 7.43. The molecule has 0 bridgehead atoms. The molecule has 2 rings (SSSR count). The molecule has 0 atom stereocenters. The van der Waals surface area contributed by atoms with Crippen LogP contribution in [0.5, 0.6) is 0 Å². The molecule has 0 aromatic carbocycles.